The molecule has 0 aromatic heterocycles. The fraction of sp³-hybridized carbons (Fsp3) is 0.316. The predicted molar refractivity (Wildman–Crippen MR) is 88.4 cm³/mol. The van der Waals surface area contributed by atoms with Gasteiger partial charge < -0.3 is 10.0 Å². The van der Waals surface area contributed by atoms with Gasteiger partial charge in [-0.1, -0.05) is 30.3 Å². The van der Waals surface area contributed by atoms with E-state index in [1.54, 1.807) is 0 Å². The predicted octanol–water partition coefficient (Wildman–Crippen LogP) is 3.38. The van der Waals surface area contributed by atoms with Crippen LogP contribution < -0.4 is 0 Å². The summed E-state index contributed by atoms with van der Waals surface area (Å²) in [6.07, 6.45) is 4.52. The maximum Gasteiger partial charge on any atom is 0.0915 e. The third-order valence-electron chi connectivity index (χ3n) is 4.71. The number of aliphatic hydroxyl groups excluding tert-OH is 1. The molecule has 0 saturated heterocycles. The third kappa shape index (κ3) is 2.53. The molecule has 2 aliphatic rings. The molecule has 0 spiro atoms. The van der Waals surface area contributed by atoms with Crippen LogP contribution in [0.3, 0.4) is 0 Å². The van der Waals surface area contributed by atoms with Crippen molar-refractivity contribution in [3.8, 4) is 0 Å². The molecule has 1 aliphatic heterocycles. The summed E-state index contributed by atoms with van der Waals surface area (Å²) in [5.74, 6) is 0. The van der Waals surface area contributed by atoms with E-state index >= 15 is 0 Å². The molecule has 3 nitrogen and oxygen atoms in total. The zero-order valence-corrected chi connectivity index (χ0v) is 12.6. The van der Waals surface area contributed by atoms with Crippen LogP contribution in [-0.4, -0.2) is 22.9 Å². The fourth-order valence-electron chi connectivity index (χ4n) is 3.41. The van der Waals surface area contributed by atoms with Gasteiger partial charge in [-0.25, -0.2) is 4.99 Å². The number of aryl methyl sites for hydroxylation is 1. The van der Waals surface area contributed by atoms with Gasteiger partial charge in [0.25, 0.3) is 0 Å². The molecule has 22 heavy (non-hydrogen) atoms. The summed E-state index contributed by atoms with van der Waals surface area (Å²) in [7, 11) is 0. The van der Waals surface area contributed by atoms with E-state index in [-0.39, 0.29) is 6.10 Å². The zero-order valence-electron chi connectivity index (χ0n) is 12.6. The molecule has 4 rings (SSSR count). The second-order valence-electron chi connectivity index (χ2n) is 6.17. The Morgan fingerprint density at radius 2 is 1.91 bits per heavy atom. The first-order valence-corrected chi connectivity index (χ1v) is 7.95. The first kappa shape index (κ1) is 13.5. The van der Waals surface area contributed by atoms with Crippen molar-refractivity contribution in [2.75, 3.05) is 6.54 Å². The van der Waals surface area contributed by atoms with Crippen LogP contribution in [0.4, 0.5) is 5.69 Å². The lowest BCUT2D eigenvalue weighted by Gasteiger charge is -2.26. The van der Waals surface area contributed by atoms with Gasteiger partial charge >= 0.3 is 0 Å². The van der Waals surface area contributed by atoms with Gasteiger partial charge in [-0.3, -0.25) is 0 Å². The van der Waals surface area contributed by atoms with Gasteiger partial charge in [-0.15, -0.1) is 0 Å². The molecule has 1 aliphatic carbocycles. The molecule has 112 valence electrons. The highest BCUT2D eigenvalue weighted by atomic mass is 16.3. The van der Waals surface area contributed by atoms with Gasteiger partial charge in [0, 0.05) is 13.1 Å². The van der Waals surface area contributed by atoms with Crippen molar-refractivity contribution in [2.45, 2.75) is 31.9 Å². The number of aliphatic hydroxyl groups is 1. The Bertz CT molecular complexity index is 723. The van der Waals surface area contributed by atoms with Crippen molar-refractivity contribution in [3.05, 3.63) is 64.7 Å². The molecule has 1 N–H and O–H groups in total. The molecule has 0 bridgehead atoms. The molecule has 3 heteroatoms. The molecular formula is C19H20N2O. The van der Waals surface area contributed by atoms with E-state index in [0.29, 0.717) is 0 Å². The van der Waals surface area contributed by atoms with Crippen molar-refractivity contribution in [1.29, 1.82) is 0 Å². The maximum absolute atomic E-state index is 9.97. The molecule has 1 atom stereocenters. The second-order valence-corrected chi connectivity index (χ2v) is 6.17. The number of nitrogens with zero attached hydrogens (tertiary/aromatic N) is 2. The minimum Gasteiger partial charge on any atom is -0.388 e. The molecule has 1 unspecified atom stereocenters. The van der Waals surface area contributed by atoms with Gasteiger partial charge in [0.1, 0.15) is 0 Å². The lowest BCUT2D eigenvalue weighted by Crippen LogP contribution is -2.29. The van der Waals surface area contributed by atoms with Gasteiger partial charge in [0.05, 0.1) is 18.1 Å². The molecule has 0 fully saturated rings. The van der Waals surface area contributed by atoms with E-state index < -0.39 is 0 Å². The van der Waals surface area contributed by atoms with E-state index in [0.717, 1.165) is 43.6 Å². The fourth-order valence-corrected chi connectivity index (χ4v) is 3.41. The van der Waals surface area contributed by atoms with Crippen molar-refractivity contribution < 1.29 is 5.11 Å². The first-order chi connectivity index (χ1) is 10.8. The Morgan fingerprint density at radius 3 is 2.82 bits per heavy atom. The summed E-state index contributed by atoms with van der Waals surface area (Å²) in [6.45, 7) is 1.93. The average molecular weight is 292 g/mol. The Kier molecular flexibility index (Phi) is 3.43. The summed E-state index contributed by atoms with van der Waals surface area (Å²) < 4.78 is 0. The van der Waals surface area contributed by atoms with Crippen LogP contribution in [0, 0.1) is 0 Å². The summed E-state index contributed by atoms with van der Waals surface area (Å²) in [4.78, 5) is 6.86. The van der Waals surface area contributed by atoms with Gasteiger partial charge in [0.15, 0.2) is 0 Å². The second kappa shape index (κ2) is 5.58. The van der Waals surface area contributed by atoms with E-state index in [4.69, 9.17) is 0 Å². The monoisotopic (exact) mass is 292 g/mol. The van der Waals surface area contributed by atoms with E-state index in [2.05, 4.69) is 40.2 Å². The first-order valence-electron chi connectivity index (χ1n) is 7.95. The van der Waals surface area contributed by atoms with E-state index in [9.17, 15) is 5.11 Å². The number of rotatable bonds is 2. The van der Waals surface area contributed by atoms with E-state index in [1.165, 1.54) is 16.7 Å². The quantitative estimate of drug-likeness (QED) is 0.680. The standard InChI is InChI=1S/C19H20N2O/c22-19-8-6-15-5-7-17(11-18(15)19)20-13-21-10-9-14-3-1-2-4-16(14)12-21/h1-5,7,11,13,19,22H,6,8-10,12H2/b20-13+. The number of benzene rings is 2. The van der Waals surface area contributed by atoms with Crippen molar-refractivity contribution in [3.63, 3.8) is 0 Å². The molecule has 2 aromatic rings. The number of fused-ring (bicyclic) bond motifs is 2. The minimum absolute atomic E-state index is 0.313. The van der Waals surface area contributed by atoms with Gasteiger partial charge in [-0.05, 0) is 53.6 Å². The number of hydrogen-bond acceptors (Lipinski definition) is 2. The highest BCUT2D eigenvalue weighted by Crippen LogP contribution is 2.33. The number of hydrogen-bond donors (Lipinski definition) is 1. The van der Waals surface area contributed by atoms with Crippen LogP contribution in [0.5, 0.6) is 0 Å². The molecular weight excluding hydrogens is 272 g/mol. The zero-order chi connectivity index (χ0) is 14.9. The van der Waals surface area contributed by atoms with Crippen LogP contribution in [0.25, 0.3) is 0 Å². The number of aliphatic imine (C=N–C) groups is 1. The molecule has 0 amide bonds. The summed E-state index contributed by atoms with van der Waals surface area (Å²) in [5.41, 5.74) is 6.09. The SMILES string of the molecule is OC1CCc2ccc(/N=C/N3CCc4ccccc4C3)cc21. The van der Waals surface area contributed by atoms with Crippen LogP contribution in [0.1, 0.15) is 34.8 Å². The summed E-state index contributed by atoms with van der Waals surface area (Å²) in [6, 6.07) is 14.8. The van der Waals surface area contributed by atoms with Crippen molar-refractivity contribution in [1.82, 2.24) is 4.90 Å². The molecule has 0 saturated carbocycles. The van der Waals surface area contributed by atoms with Crippen molar-refractivity contribution >= 4 is 12.0 Å². The normalized spacial score (nSPS) is 20.2. The highest BCUT2D eigenvalue weighted by Gasteiger charge is 2.20. The summed E-state index contributed by atoms with van der Waals surface area (Å²) in [5, 5.41) is 9.97. The van der Waals surface area contributed by atoms with Crippen molar-refractivity contribution in [2.24, 2.45) is 4.99 Å². The Labute approximate surface area is 130 Å². The molecule has 1 heterocycles. The topological polar surface area (TPSA) is 35.8 Å². The Balaban J connectivity index is 1.50. The largest absolute Gasteiger partial charge is 0.388 e. The van der Waals surface area contributed by atoms with E-state index in [1.807, 2.05) is 18.5 Å². The summed E-state index contributed by atoms with van der Waals surface area (Å²) >= 11 is 0. The molecule has 0 radical (unpaired) electrons. The van der Waals surface area contributed by atoms with Gasteiger partial charge in [0.2, 0.25) is 0 Å². The highest BCUT2D eigenvalue weighted by molar-refractivity contribution is 5.63. The smallest absolute Gasteiger partial charge is 0.0915 e. The van der Waals surface area contributed by atoms with Crippen LogP contribution in [0.15, 0.2) is 47.5 Å². The van der Waals surface area contributed by atoms with Crippen LogP contribution >= 0.6 is 0 Å². The lowest BCUT2D eigenvalue weighted by atomic mass is 10.0. The molecule has 2 aromatic carbocycles. The third-order valence-corrected chi connectivity index (χ3v) is 4.71. The van der Waals surface area contributed by atoms with Gasteiger partial charge in [-0.2, -0.15) is 0 Å². The maximum atomic E-state index is 9.97. The Hall–Kier alpha value is -2.13. The Morgan fingerprint density at radius 1 is 1.05 bits per heavy atom. The lowest BCUT2D eigenvalue weighted by molar-refractivity contribution is 0.180. The minimum atomic E-state index is -0.313. The van der Waals surface area contributed by atoms with Crippen LogP contribution in [-0.2, 0) is 19.4 Å². The van der Waals surface area contributed by atoms with Crippen LogP contribution in [0.2, 0.25) is 0 Å². The average Bonchev–Trinajstić information content (AvgIpc) is 2.93.